The molecule has 0 atom stereocenters. The van der Waals surface area contributed by atoms with Gasteiger partial charge in [-0.3, -0.25) is 14.9 Å². The number of aryl methyl sites for hydroxylation is 1. The third-order valence-electron chi connectivity index (χ3n) is 4.23. The number of nitrogens with one attached hydrogen (secondary N) is 1. The van der Waals surface area contributed by atoms with E-state index in [1.54, 1.807) is 6.07 Å². The van der Waals surface area contributed by atoms with Gasteiger partial charge in [0.1, 0.15) is 0 Å². The van der Waals surface area contributed by atoms with Crippen LogP contribution in [0.15, 0.2) is 24.3 Å². The molecule has 2 amide bonds. The van der Waals surface area contributed by atoms with Crippen LogP contribution in [0.1, 0.15) is 57.1 Å². The summed E-state index contributed by atoms with van der Waals surface area (Å²) in [6.45, 7) is 3.53. The Bertz CT molecular complexity index is 844. The summed E-state index contributed by atoms with van der Waals surface area (Å²) in [6, 6.07) is 7.50. The normalized spacial score (nSPS) is 11.0. The minimum Gasteiger partial charge on any atom is -0.295 e. The van der Waals surface area contributed by atoms with Crippen LogP contribution in [0, 0.1) is 9.85 Å². The molecule has 29 heavy (non-hydrogen) atoms. The van der Waals surface area contributed by atoms with Crippen molar-refractivity contribution < 1.29 is 18.0 Å². The molecule has 0 fully saturated rings. The SMILES string of the molecule is CCCCC(=O)NC(=O)CN(CC#CI)S(=O)(=O)Cc1cccc(CCCC)c1. The second kappa shape index (κ2) is 13.7. The van der Waals surface area contributed by atoms with Crippen LogP contribution in [0.25, 0.3) is 0 Å². The number of carbonyl (C=O) groups is 2. The minimum atomic E-state index is -3.78. The van der Waals surface area contributed by atoms with Crippen LogP contribution in [0.4, 0.5) is 0 Å². The molecule has 0 heterocycles. The van der Waals surface area contributed by atoms with Crippen LogP contribution in [-0.4, -0.2) is 37.6 Å². The largest absolute Gasteiger partial charge is 0.295 e. The van der Waals surface area contributed by atoms with Crippen LogP contribution < -0.4 is 5.32 Å². The lowest BCUT2D eigenvalue weighted by atomic mass is 10.1. The fourth-order valence-electron chi connectivity index (χ4n) is 2.68. The quantitative estimate of drug-likeness (QED) is 0.331. The van der Waals surface area contributed by atoms with Crippen LogP contribution in [0.3, 0.4) is 0 Å². The first-order valence-electron chi connectivity index (χ1n) is 9.79. The summed E-state index contributed by atoms with van der Waals surface area (Å²) in [5.74, 6) is 1.45. The molecule has 0 aromatic heterocycles. The summed E-state index contributed by atoms with van der Waals surface area (Å²) in [4.78, 5) is 23.9. The molecule has 1 rings (SSSR count). The summed E-state index contributed by atoms with van der Waals surface area (Å²) < 4.78 is 29.5. The molecule has 6 nitrogen and oxygen atoms in total. The first kappa shape index (κ1) is 25.6. The molecule has 160 valence electrons. The topological polar surface area (TPSA) is 83.6 Å². The molecule has 8 heteroatoms. The average molecular weight is 532 g/mol. The fourth-order valence-corrected chi connectivity index (χ4v) is 4.21. The molecule has 1 aromatic carbocycles. The van der Waals surface area contributed by atoms with E-state index in [2.05, 4.69) is 22.1 Å². The summed E-state index contributed by atoms with van der Waals surface area (Å²) in [7, 11) is -3.78. The molecule has 0 saturated heterocycles. The van der Waals surface area contributed by atoms with Crippen molar-refractivity contribution in [2.45, 2.75) is 58.1 Å². The fraction of sp³-hybridized carbons (Fsp3) is 0.524. The van der Waals surface area contributed by atoms with Crippen molar-refractivity contribution in [1.82, 2.24) is 9.62 Å². The van der Waals surface area contributed by atoms with Crippen LogP contribution in [-0.2, 0) is 31.8 Å². The Balaban J connectivity index is 2.87. The zero-order valence-corrected chi connectivity index (χ0v) is 20.0. The highest BCUT2D eigenvalue weighted by Gasteiger charge is 2.25. The van der Waals surface area contributed by atoms with Crippen LogP contribution in [0.2, 0.25) is 0 Å². The van der Waals surface area contributed by atoms with Crippen molar-refractivity contribution in [1.29, 1.82) is 0 Å². The third kappa shape index (κ3) is 10.2. The Morgan fingerprint density at radius 1 is 1.10 bits per heavy atom. The van der Waals surface area contributed by atoms with E-state index in [0.29, 0.717) is 12.0 Å². The zero-order valence-electron chi connectivity index (χ0n) is 17.0. The number of hydrogen-bond acceptors (Lipinski definition) is 4. The van der Waals surface area contributed by atoms with Gasteiger partial charge in [0.25, 0.3) is 0 Å². The van der Waals surface area contributed by atoms with Gasteiger partial charge in [-0.05, 0) is 34.3 Å². The highest BCUT2D eigenvalue weighted by Crippen LogP contribution is 2.14. The Labute approximate surface area is 188 Å². The molecule has 0 spiro atoms. The molecule has 0 aliphatic carbocycles. The number of carbonyl (C=O) groups excluding carboxylic acids is 2. The maximum absolute atomic E-state index is 12.9. The average Bonchev–Trinajstić information content (AvgIpc) is 2.67. The third-order valence-corrected chi connectivity index (χ3v) is 6.36. The number of imide groups is 1. The van der Waals surface area contributed by atoms with Crippen molar-refractivity contribution >= 4 is 44.4 Å². The van der Waals surface area contributed by atoms with E-state index in [4.69, 9.17) is 0 Å². The number of benzene rings is 1. The van der Waals surface area contributed by atoms with Crippen molar-refractivity contribution in [2.75, 3.05) is 13.1 Å². The standard InChI is InChI=1S/C21H29IN2O4S/c1-3-5-9-18-10-7-11-19(15-18)17-29(27,28)24(14-8-13-22)16-21(26)23-20(25)12-6-4-2/h7,10-11,15H,3-6,9,12,14,16-17H2,1-2H3,(H,23,25,26). The highest BCUT2D eigenvalue weighted by atomic mass is 127. The van der Waals surface area contributed by atoms with Gasteiger partial charge in [0.05, 0.1) is 18.8 Å². The van der Waals surface area contributed by atoms with E-state index in [0.717, 1.165) is 35.6 Å². The number of rotatable bonds is 12. The highest BCUT2D eigenvalue weighted by molar-refractivity contribution is 14.1. The van der Waals surface area contributed by atoms with E-state index >= 15 is 0 Å². The maximum atomic E-state index is 12.9. The first-order valence-corrected chi connectivity index (χ1v) is 12.5. The molecule has 0 bridgehead atoms. The van der Waals surface area contributed by atoms with Gasteiger partial charge in [-0.2, -0.15) is 4.31 Å². The number of sulfonamides is 1. The predicted octanol–water partition coefficient (Wildman–Crippen LogP) is 3.39. The molecule has 1 aromatic rings. The van der Waals surface area contributed by atoms with Crippen LogP contribution >= 0.6 is 22.6 Å². The molecular weight excluding hydrogens is 503 g/mol. The molecule has 0 radical (unpaired) electrons. The summed E-state index contributed by atoms with van der Waals surface area (Å²) in [5.41, 5.74) is 1.77. The van der Waals surface area contributed by atoms with Crippen molar-refractivity contribution in [3.05, 3.63) is 35.4 Å². The monoisotopic (exact) mass is 532 g/mol. The zero-order chi connectivity index (χ0) is 21.7. The molecule has 1 N–H and O–H groups in total. The first-order chi connectivity index (χ1) is 13.8. The van der Waals surface area contributed by atoms with Gasteiger partial charge < -0.3 is 0 Å². The molecule has 0 saturated carbocycles. The number of hydrogen-bond donors (Lipinski definition) is 1. The van der Waals surface area contributed by atoms with Gasteiger partial charge >= 0.3 is 0 Å². The van der Waals surface area contributed by atoms with E-state index in [9.17, 15) is 18.0 Å². The second-order valence-corrected chi connectivity index (χ2v) is 9.30. The summed E-state index contributed by atoms with van der Waals surface area (Å²) in [5, 5.41) is 2.26. The van der Waals surface area contributed by atoms with Crippen LogP contribution in [0.5, 0.6) is 0 Å². The second-order valence-electron chi connectivity index (χ2n) is 6.79. The lowest BCUT2D eigenvalue weighted by molar-refractivity contribution is -0.130. The van der Waals surface area contributed by atoms with Gasteiger partial charge in [-0.25, -0.2) is 8.42 Å². The predicted molar refractivity (Wildman–Crippen MR) is 124 cm³/mol. The van der Waals surface area contributed by atoms with Gasteiger partial charge in [0, 0.05) is 29.0 Å². The smallest absolute Gasteiger partial charge is 0.241 e. The minimum absolute atomic E-state index is 0.0998. The van der Waals surface area contributed by atoms with E-state index < -0.39 is 28.4 Å². The Morgan fingerprint density at radius 2 is 1.79 bits per heavy atom. The van der Waals surface area contributed by atoms with E-state index in [1.807, 2.05) is 47.7 Å². The van der Waals surface area contributed by atoms with Crippen molar-refractivity contribution in [3.8, 4) is 9.85 Å². The molecular formula is C21H29IN2O4S. The van der Waals surface area contributed by atoms with E-state index in [1.165, 1.54) is 0 Å². The van der Waals surface area contributed by atoms with Gasteiger partial charge in [-0.15, -0.1) is 0 Å². The summed E-state index contributed by atoms with van der Waals surface area (Å²) in [6.07, 6.45) is 4.77. The van der Waals surface area contributed by atoms with E-state index in [-0.39, 0.29) is 18.7 Å². The number of unbranched alkanes of at least 4 members (excludes halogenated alkanes) is 2. The number of halogens is 1. The van der Waals surface area contributed by atoms with Gasteiger partial charge in [0.2, 0.25) is 21.8 Å². The van der Waals surface area contributed by atoms with Crippen molar-refractivity contribution in [3.63, 3.8) is 0 Å². The summed E-state index contributed by atoms with van der Waals surface area (Å²) >= 11 is 1.82. The van der Waals surface area contributed by atoms with Crippen molar-refractivity contribution in [2.24, 2.45) is 0 Å². The number of amides is 2. The molecule has 0 unspecified atom stereocenters. The van der Waals surface area contributed by atoms with Gasteiger partial charge in [0.15, 0.2) is 0 Å². The Morgan fingerprint density at radius 3 is 2.45 bits per heavy atom. The Kier molecular flexibility index (Phi) is 12.1. The molecule has 0 aliphatic rings. The maximum Gasteiger partial charge on any atom is 0.241 e. The lowest BCUT2D eigenvalue weighted by Gasteiger charge is -2.19. The molecule has 0 aliphatic heterocycles. The Hall–Kier alpha value is -1.44. The lowest BCUT2D eigenvalue weighted by Crippen LogP contribution is -2.43. The number of nitrogens with zero attached hydrogens (tertiary/aromatic N) is 1. The van der Waals surface area contributed by atoms with Gasteiger partial charge in [-0.1, -0.05) is 56.9 Å².